The lowest BCUT2D eigenvalue weighted by Gasteiger charge is -1.71. The highest BCUT2D eigenvalue weighted by Crippen LogP contribution is 1.81. The number of allylic oxidation sites excluding steroid dienone is 3. The maximum Gasteiger partial charge on any atom is 0.0621 e. The molecule has 80 valence electrons. The Labute approximate surface area is 89.5 Å². The van der Waals surface area contributed by atoms with Crippen molar-refractivity contribution in [2.45, 2.75) is 40.5 Å². The molecule has 0 aliphatic rings. The Balaban J connectivity index is -0.000000131. The third-order valence-corrected chi connectivity index (χ3v) is 0.710. The molecule has 0 aliphatic carbocycles. The van der Waals surface area contributed by atoms with Crippen LogP contribution in [0.5, 0.6) is 0 Å². The second-order valence-electron chi connectivity index (χ2n) is 3.17. The maximum atomic E-state index is 7.82. The second-order valence-corrected chi connectivity index (χ2v) is 3.17. The van der Waals surface area contributed by atoms with Crippen LogP contribution in [0.3, 0.4) is 0 Å². The molecule has 0 saturated carbocycles. The van der Waals surface area contributed by atoms with Gasteiger partial charge in [-0.05, 0) is 27.2 Å². The first kappa shape index (κ1) is 18.5. The van der Waals surface area contributed by atoms with Gasteiger partial charge in [-0.1, -0.05) is 37.3 Å². The molecular weight excluding hydrogens is 170 g/mol. The molecule has 0 atom stereocenters. The summed E-state index contributed by atoms with van der Waals surface area (Å²) in [6, 6.07) is 2.02. The van der Waals surface area contributed by atoms with E-state index < -0.39 is 0 Å². The van der Waals surface area contributed by atoms with Gasteiger partial charge in [0.2, 0.25) is 0 Å². The van der Waals surface area contributed by atoms with Crippen LogP contribution in [0.2, 0.25) is 0 Å². The second kappa shape index (κ2) is 17.7. The summed E-state index contributed by atoms with van der Waals surface area (Å²) < 4.78 is 0. The normalized spacial score (nSPS) is 6.50. The van der Waals surface area contributed by atoms with E-state index in [-0.39, 0.29) is 0 Å². The van der Waals surface area contributed by atoms with E-state index in [1.54, 1.807) is 6.08 Å². The van der Waals surface area contributed by atoms with Crippen LogP contribution in [0.1, 0.15) is 40.5 Å². The number of nitrogens with zero attached hydrogens (tertiary/aromatic N) is 1. The minimum atomic E-state index is 0.694. The van der Waals surface area contributed by atoms with Gasteiger partial charge in [0, 0.05) is 6.42 Å². The molecule has 0 aromatic rings. The third kappa shape index (κ3) is 137. The van der Waals surface area contributed by atoms with Crippen LogP contribution in [-0.2, 0) is 0 Å². The van der Waals surface area contributed by atoms with Crippen molar-refractivity contribution >= 4 is 0 Å². The summed E-state index contributed by atoms with van der Waals surface area (Å²) in [6.07, 6.45) is 3.40. The summed E-state index contributed by atoms with van der Waals surface area (Å²) in [5.41, 5.74) is 2.19. The SMILES string of the molecule is C=C(C)C.C=CC(=C)C.CCCC#N. The molecule has 0 aromatic heterocycles. The van der Waals surface area contributed by atoms with E-state index in [1.807, 2.05) is 33.8 Å². The Morgan fingerprint density at radius 2 is 1.57 bits per heavy atom. The van der Waals surface area contributed by atoms with Gasteiger partial charge < -0.3 is 0 Å². The van der Waals surface area contributed by atoms with Crippen LogP contribution in [-0.4, -0.2) is 0 Å². The smallest absolute Gasteiger partial charge is 0.0621 e. The summed E-state index contributed by atoms with van der Waals surface area (Å²) in [4.78, 5) is 0. The molecule has 0 amide bonds. The minimum absolute atomic E-state index is 0.694. The van der Waals surface area contributed by atoms with E-state index in [0.717, 1.165) is 12.0 Å². The number of nitriles is 1. The molecule has 0 bridgehead atoms. The molecule has 0 unspecified atom stereocenters. The van der Waals surface area contributed by atoms with Crippen LogP contribution in [0, 0.1) is 11.3 Å². The van der Waals surface area contributed by atoms with Crippen molar-refractivity contribution in [3.63, 3.8) is 0 Å². The first-order chi connectivity index (χ1) is 6.42. The topological polar surface area (TPSA) is 23.8 Å². The molecule has 0 heterocycles. The quantitative estimate of drug-likeness (QED) is 0.463. The highest BCUT2D eigenvalue weighted by Gasteiger charge is 1.65. The van der Waals surface area contributed by atoms with Crippen molar-refractivity contribution in [3.8, 4) is 6.07 Å². The van der Waals surface area contributed by atoms with Gasteiger partial charge in [0.15, 0.2) is 0 Å². The molecule has 0 N–H and O–H groups in total. The predicted molar refractivity (Wildman–Crippen MR) is 66.0 cm³/mol. The molecular formula is C13H23N. The van der Waals surface area contributed by atoms with Gasteiger partial charge in [0.1, 0.15) is 0 Å². The number of hydrogen-bond donors (Lipinski definition) is 0. The van der Waals surface area contributed by atoms with E-state index in [9.17, 15) is 0 Å². The van der Waals surface area contributed by atoms with Crippen LogP contribution in [0.15, 0.2) is 37.0 Å². The number of unbranched alkanes of at least 4 members (excludes halogenated alkanes) is 1. The van der Waals surface area contributed by atoms with Crippen molar-refractivity contribution in [2.75, 3.05) is 0 Å². The molecule has 1 heteroatoms. The van der Waals surface area contributed by atoms with Gasteiger partial charge in [-0.3, -0.25) is 0 Å². The fourth-order valence-electron chi connectivity index (χ4n) is 0.112. The van der Waals surface area contributed by atoms with Crippen molar-refractivity contribution in [3.05, 3.63) is 37.0 Å². The zero-order valence-electron chi connectivity index (χ0n) is 10.1. The fourth-order valence-corrected chi connectivity index (χ4v) is 0.112. The van der Waals surface area contributed by atoms with Crippen LogP contribution in [0.25, 0.3) is 0 Å². The van der Waals surface area contributed by atoms with Gasteiger partial charge in [-0.15, -0.1) is 6.58 Å². The molecule has 0 rings (SSSR count). The van der Waals surface area contributed by atoms with E-state index in [1.165, 1.54) is 5.57 Å². The Hall–Kier alpha value is -1.29. The molecule has 0 aliphatic heterocycles. The molecule has 14 heavy (non-hydrogen) atoms. The third-order valence-electron chi connectivity index (χ3n) is 0.710. The molecule has 0 spiro atoms. The Morgan fingerprint density at radius 1 is 1.29 bits per heavy atom. The van der Waals surface area contributed by atoms with Crippen molar-refractivity contribution in [1.82, 2.24) is 0 Å². The standard InChI is InChI=1S/C5H8.C4H7N.C4H8/c1-4-5(2)3;1-2-3-4-5;1-4(2)3/h4H,1-2H2,3H3;2-3H2,1H3;1H2,2-3H3. The molecule has 0 radical (unpaired) electrons. The first-order valence-electron chi connectivity index (χ1n) is 4.69. The predicted octanol–water partition coefficient (Wildman–Crippen LogP) is 4.64. The van der Waals surface area contributed by atoms with Crippen molar-refractivity contribution in [1.29, 1.82) is 5.26 Å². The summed E-state index contributed by atoms with van der Waals surface area (Å²) in [5.74, 6) is 0. The maximum absolute atomic E-state index is 7.82. The van der Waals surface area contributed by atoms with E-state index in [2.05, 4.69) is 19.7 Å². The zero-order valence-corrected chi connectivity index (χ0v) is 10.1. The van der Waals surface area contributed by atoms with Crippen LogP contribution >= 0.6 is 0 Å². The monoisotopic (exact) mass is 193 g/mol. The van der Waals surface area contributed by atoms with Gasteiger partial charge in [0.05, 0.1) is 6.07 Å². The van der Waals surface area contributed by atoms with Crippen LogP contribution < -0.4 is 0 Å². The van der Waals surface area contributed by atoms with Gasteiger partial charge in [-0.2, -0.15) is 5.26 Å². The lowest BCUT2D eigenvalue weighted by Crippen LogP contribution is -1.53. The highest BCUT2D eigenvalue weighted by atomic mass is 14.2. The fraction of sp³-hybridized carbons (Fsp3) is 0.462. The van der Waals surface area contributed by atoms with E-state index in [4.69, 9.17) is 5.26 Å². The molecule has 1 nitrogen and oxygen atoms in total. The van der Waals surface area contributed by atoms with Crippen molar-refractivity contribution < 1.29 is 0 Å². The number of hydrogen-bond acceptors (Lipinski definition) is 1. The average Bonchev–Trinajstić information content (AvgIpc) is 2.06. The lowest BCUT2D eigenvalue weighted by molar-refractivity contribution is 0.969. The Morgan fingerprint density at radius 3 is 1.57 bits per heavy atom. The molecule has 0 fully saturated rings. The average molecular weight is 193 g/mol. The summed E-state index contributed by atoms with van der Waals surface area (Å²) in [6.45, 7) is 18.4. The number of rotatable bonds is 2. The Bertz CT molecular complexity index is 190. The van der Waals surface area contributed by atoms with E-state index in [0.29, 0.717) is 6.42 Å². The van der Waals surface area contributed by atoms with Crippen LogP contribution in [0.4, 0.5) is 0 Å². The summed E-state index contributed by atoms with van der Waals surface area (Å²) >= 11 is 0. The van der Waals surface area contributed by atoms with Gasteiger partial charge in [-0.25, -0.2) is 0 Å². The lowest BCUT2D eigenvalue weighted by atomic mass is 10.4. The van der Waals surface area contributed by atoms with Gasteiger partial charge >= 0.3 is 0 Å². The van der Waals surface area contributed by atoms with E-state index >= 15 is 0 Å². The minimum Gasteiger partial charge on any atom is -0.198 e. The van der Waals surface area contributed by atoms with Crippen molar-refractivity contribution in [2.24, 2.45) is 0 Å². The summed E-state index contributed by atoms with van der Waals surface area (Å²) in [5, 5.41) is 7.82. The Kier molecular flexibility index (Phi) is 23.4. The van der Waals surface area contributed by atoms with Gasteiger partial charge in [0.25, 0.3) is 0 Å². The molecule has 0 aromatic carbocycles. The summed E-state index contributed by atoms with van der Waals surface area (Å²) in [7, 11) is 0. The largest absolute Gasteiger partial charge is 0.198 e. The molecule has 0 saturated heterocycles. The zero-order chi connectivity index (χ0) is 12.0. The highest BCUT2D eigenvalue weighted by molar-refractivity contribution is 5.05. The first-order valence-corrected chi connectivity index (χ1v) is 4.69.